The van der Waals surface area contributed by atoms with Crippen LogP contribution in [0.25, 0.3) is 0 Å². The molecule has 23 heavy (non-hydrogen) atoms. The normalized spacial score (nSPS) is 21.0. The van der Waals surface area contributed by atoms with Crippen LogP contribution in [0.15, 0.2) is 24.3 Å². The number of β-amino-alcohol motifs (C(OH)–C–C–N with tert-alkyl or cyclic N) is 1. The Kier molecular flexibility index (Phi) is 4.37. The number of carbonyl (C=O) groups is 1. The number of likely N-dealkylation sites (tertiary alicyclic amines) is 1. The molecular weight excluding hydrogens is 321 g/mol. The third-order valence-corrected chi connectivity index (χ3v) is 4.25. The molecule has 2 N–H and O–H groups in total. The van der Waals surface area contributed by atoms with Gasteiger partial charge in [0.15, 0.2) is 0 Å². The monoisotopic (exact) mass is 337 g/mol. The summed E-state index contributed by atoms with van der Waals surface area (Å²) in [4.78, 5) is 14.0. The molecule has 0 spiro atoms. The minimum absolute atomic E-state index is 0.0920. The van der Waals surface area contributed by atoms with E-state index < -0.39 is 11.9 Å². The number of benzene rings is 1. The van der Waals surface area contributed by atoms with Crippen LogP contribution in [0.3, 0.4) is 0 Å². The molecule has 1 fully saturated rings. The second-order valence-corrected chi connectivity index (χ2v) is 6.38. The third-order valence-electron chi connectivity index (χ3n) is 4.03. The predicted molar refractivity (Wildman–Crippen MR) is 83.8 cm³/mol. The summed E-state index contributed by atoms with van der Waals surface area (Å²) < 4.78 is 13.4. The number of halogens is 2. The van der Waals surface area contributed by atoms with Crippen LogP contribution in [0.4, 0.5) is 4.39 Å². The van der Waals surface area contributed by atoms with Gasteiger partial charge in [-0.05, 0) is 37.6 Å². The van der Waals surface area contributed by atoms with Crippen molar-refractivity contribution >= 4 is 17.5 Å². The number of H-pyrrole nitrogens is 1. The fourth-order valence-electron chi connectivity index (χ4n) is 2.93. The van der Waals surface area contributed by atoms with Crippen molar-refractivity contribution in [2.75, 3.05) is 13.1 Å². The average Bonchev–Trinajstić information content (AvgIpc) is 3.04. The third kappa shape index (κ3) is 3.54. The summed E-state index contributed by atoms with van der Waals surface area (Å²) in [6.45, 7) is 2.53. The number of hydrogen-bond donors (Lipinski definition) is 2. The lowest BCUT2D eigenvalue weighted by atomic mass is 10.0. The van der Waals surface area contributed by atoms with Crippen molar-refractivity contribution in [1.29, 1.82) is 0 Å². The van der Waals surface area contributed by atoms with Crippen molar-refractivity contribution < 1.29 is 14.3 Å². The van der Waals surface area contributed by atoms with Crippen LogP contribution < -0.4 is 0 Å². The zero-order valence-corrected chi connectivity index (χ0v) is 13.3. The molecule has 2 aromatic rings. The number of aromatic amines is 1. The highest BCUT2D eigenvalue weighted by Gasteiger charge is 2.35. The lowest BCUT2D eigenvalue weighted by molar-refractivity contribution is 0.0764. The van der Waals surface area contributed by atoms with E-state index in [1.54, 1.807) is 0 Å². The molecule has 1 aromatic carbocycles. The maximum absolute atomic E-state index is 13.4. The smallest absolute Gasteiger partial charge is 0.254 e. The SMILES string of the molecule is Cc1cc(C[C@@H]2CN(C(=O)c3cc(F)cc(Cl)c3)C[C@H]2O)n[nH]1. The number of aryl methyl sites for hydroxylation is 1. The lowest BCUT2D eigenvalue weighted by Crippen LogP contribution is -2.29. The molecule has 7 heteroatoms. The predicted octanol–water partition coefficient (Wildman–Crippen LogP) is 2.19. The second-order valence-electron chi connectivity index (χ2n) is 5.94. The minimum atomic E-state index is -0.625. The maximum atomic E-state index is 13.4. The Balaban J connectivity index is 1.71. The van der Waals surface area contributed by atoms with E-state index in [-0.39, 0.29) is 29.0 Å². The first-order valence-corrected chi connectivity index (χ1v) is 7.74. The summed E-state index contributed by atoms with van der Waals surface area (Å²) >= 11 is 5.80. The van der Waals surface area contributed by atoms with E-state index in [2.05, 4.69) is 10.2 Å². The molecule has 1 aliphatic heterocycles. The van der Waals surface area contributed by atoms with Crippen molar-refractivity contribution in [2.45, 2.75) is 19.4 Å². The molecule has 3 rings (SSSR count). The van der Waals surface area contributed by atoms with Crippen LogP contribution in [0.2, 0.25) is 5.02 Å². The van der Waals surface area contributed by atoms with Crippen molar-refractivity contribution in [1.82, 2.24) is 15.1 Å². The molecule has 1 amide bonds. The topological polar surface area (TPSA) is 69.2 Å². The molecule has 0 aliphatic carbocycles. The van der Waals surface area contributed by atoms with Crippen LogP contribution in [0.1, 0.15) is 21.7 Å². The standard InChI is InChI=1S/C16H17ClFN3O2/c1-9-2-14(20-19-9)5-11-7-21(8-15(11)22)16(23)10-3-12(17)6-13(18)4-10/h2-4,6,11,15,22H,5,7-8H2,1H3,(H,19,20)/t11-,15-/m1/s1. The summed E-state index contributed by atoms with van der Waals surface area (Å²) in [5.41, 5.74) is 2.00. The summed E-state index contributed by atoms with van der Waals surface area (Å²) in [5.74, 6) is -0.971. The van der Waals surface area contributed by atoms with E-state index >= 15 is 0 Å². The number of amides is 1. The van der Waals surface area contributed by atoms with E-state index in [9.17, 15) is 14.3 Å². The average molecular weight is 338 g/mol. The van der Waals surface area contributed by atoms with Gasteiger partial charge in [-0.1, -0.05) is 11.6 Å². The first-order chi connectivity index (χ1) is 10.9. The van der Waals surface area contributed by atoms with E-state index in [1.807, 2.05) is 13.0 Å². The molecule has 0 saturated carbocycles. The number of aliphatic hydroxyl groups is 1. The zero-order chi connectivity index (χ0) is 16.6. The molecule has 5 nitrogen and oxygen atoms in total. The number of carbonyl (C=O) groups excluding carboxylic acids is 1. The molecule has 122 valence electrons. The summed E-state index contributed by atoms with van der Waals surface area (Å²) in [6, 6.07) is 5.66. The number of hydrogen-bond acceptors (Lipinski definition) is 3. The van der Waals surface area contributed by atoms with E-state index in [0.29, 0.717) is 13.0 Å². The van der Waals surface area contributed by atoms with Gasteiger partial charge in [0.1, 0.15) is 5.82 Å². The van der Waals surface area contributed by atoms with Crippen LogP contribution in [0.5, 0.6) is 0 Å². The largest absolute Gasteiger partial charge is 0.391 e. The Labute approximate surface area is 138 Å². The van der Waals surface area contributed by atoms with Crippen LogP contribution in [0, 0.1) is 18.7 Å². The highest BCUT2D eigenvalue weighted by Crippen LogP contribution is 2.24. The Morgan fingerprint density at radius 2 is 2.22 bits per heavy atom. The van der Waals surface area contributed by atoms with Gasteiger partial charge in [-0.3, -0.25) is 9.89 Å². The Morgan fingerprint density at radius 1 is 1.43 bits per heavy atom. The van der Waals surface area contributed by atoms with Crippen molar-refractivity contribution in [3.63, 3.8) is 0 Å². The van der Waals surface area contributed by atoms with Crippen molar-refractivity contribution in [2.24, 2.45) is 5.92 Å². The summed E-state index contributed by atoms with van der Waals surface area (Å²) in [6.07, 6.45) is -0.0425. The van der Waals surface area contributed by atoms with E-state index in [0.717, 1.165) is 23.5 Å². The maximum Gasteiger partial charge on any atom is 0.254 e. The van der Waals surface area contributed by atoms with Gasteiger partial charge in [0.05, 0.1) is 11.8 Å². The molecule has 1 aliphatic rings. The number of nitrogens with zero attached hydrogens (tertiary/aromatic N) is 2. The molecule has 1 saturated heterocycles. The first-order valence-electron chi connectivity index (χ1n) is 7.36. The Bertz CT molecular complexity index is 714. The number of rotatable bonds is 3. The number of aliphatic hydroxyl groups excluding tert-OH is 1. The van der Waals surface area contributed by atoms with E-state index in [1.165, 1.54) is 11.0 Å². The van der Waals surface area contributed by atoms with E-state index in [4.69, 9.17) is 11.6 Å². The van der Waals surface area contributed by atoms with Gasteiger partial charge in [0, 0.05) is 35.3 Å². The number of aromatic nitrogens is 2. The Morgan fingerprint density at radius 3 is 2.87 bits per heavy atom. The fourth-order valence-corrected chi connectivity index (χ4v) is 3.15. The Hall–Kier alpha value is -1.92. The quantitative estimate of drug-likeness (QED) is 0.902. The minimum Gasteiger partial charge on any atom is -0.391 e. The van der Waals surface area contributed by atoms with Crippen LogP contribution >= 0.6 is 11.6 Å². The van der Waals surface area contributed by atoms with Crippen LogP contribution in [-0.2, 0) is 6.42 Å². The van der Waals surface area contributed by atoms with Crippen LogP contribution in [-0.4, -0.2) is 45.3 Å². The highest BCUT2D eigenvalue weighted by atomic mass is 35.5. The second kappa shape index (κ2) is 6.29. The van der Waals surface area contributed by atoms with Crippen molar-refractivity contribution in [3.05, 3.63) is 52.1 Å². The molecule has 2 atom stereocenters. The van der Waals surface area contributed by atoms with Gasteiger partial charge in [0.2, 0.25) is 0 Å². The number of nitrogens with one attached hydrogen (secondary N) is 1. The van der Waals surface area contributed by atoms with Gasteiger partial charge in [0.25, 0.3) is 5.91 Å². The van der Waals surface area contributed by atoms with Gasteiger partial charge in [-0.2, -0.15) is 5.10 Å². The molecule has 2 heterocycles. The summed E-state index contributed by atoms with van der Waals surface area (Å²) in [7, 11) is 0. The van der Waals surface area contributed by atoms with Gasteiger partial charge in [-0.25, -0.2) is 4.39 Å². The molecule has 0 unspecified atom stereocenters. The highest BCUT2D eigenvalue weighted by molar-refractivity contribution is 6.31. The molecule has 0 radical (unpaired) electrons. The fraction of sp³-hybridized carbons (Fsp3) is 0.375. The molecule has 0 bridgehead atoms. The first kappa shape index (κ1) is 16.0. The molecule has 1 aromatic heterocycles. The van der Waals surface area contributed by atoms with Crippen molar-refractivity contribution in [3.8, 4) is 0 Å². The zero-order valence-electron chi connectivity index (χ0n) is 12.6. The van der Waals surface area contributed by atoms with Gasteiger partial charge >= 0.3 is 0 Å². The molecular formula is C16H17ClFN3O2. The van der Waals surface area contributed by atoms with Gasteiger partial charge < -0.3 is 10.0 Å². The van der Waals surface area contributed by atoms with Gasteiger partial charge in [-0.15, -0.1) is 0 Å². The summed E-state index contributed by atoms with van der Waals surface area (Å²) in [5, 5.41) is 17.4. The lowest BCUT2D eigenvalue weighted by Gasteiger charge is -2.16.